The van der Waals surface area contributed by atoms with E-state index >= 15 is 0 Å². The number of rotatable bonds is 12. The molecule has 3 aromatic carbocycles. The van der Waals surface area contributed by atoms with Gasteiger partial charge in [0.15, 0.2) is 24.8 Å². The average Bonchev–Trinajstić information content (AvgIpc) is 2.99. The van der Waals surface area contributed by atoms with E-state index in [9.17, 15) is 0 Å². The molecule has 2 aromatic heterocycles. The fourth-order valence-corrected chi connectivity index (χ4v) is 5.19. The molecule has 5 aromatic rings. The zero-order valence-electron chi connectivity index (χ0n) is 23.0. The van der Waals surface area contributed by atoms with Crippen LogP contribution in [0, 0.1) is 0 Å². The third kappa shape index (κ3) is 9.25. The molecular weight excluding hydrogens is 620 g/mol. The Kier molecular flexibility index (Phi) is 13.3. The Morgan fingerprint density at radius 2 is 0.750 bits per heavy atom. The standard InChI is InChI=1S/C36H38N2.2BrH/c1-3-15-33(16-4-1)35-23-13-27-37(29-35)25-11-9-21-31-19-7-8-20-32(31)22-10-12-26-38-28-14-24-36(30-38)34-17-5-2-6-18-34;;/h1-8,13-20,23-24,27-30H,9-12,21-22,25-26H2;2*1H/q+2;;/p-2. The maximum atomic E-state index is 2.33. The number of unbranched alkanes of at least 4 members (excludes halogenated alkanes) is 2. The maximum absolute atomic E-state index is 2.33. The van der Waals surface area contributed by atoms with E-state index in [-0.39, 0.29) is 34.0 Å². The number of halogens is 2. The number of pyridine rings is 2. The summed E-state index contributed by atoms with van der Waals surface area (Å²) < 4.78 is 4.66. The van der Waals surface area contributed by atoms with Gasteiger partial charge >= 0.3 is 0 Å². The molecule has 0 aliphatic rings. The van der Waals surface area contributed by atoms with Crippen LogP contribution in [0.3, 0.4) is 0 Å². The van der Waals surface area contributed by atoms with Crippen LogP contribution in [0.25, 0.3) is 22.3 Å². The first-order chi connectivity index (χ1) is 18.8. The Bertz CT molecular complexity index is 1310. The van der Waals surface area contributed by atoms with E-state index in [1.165, 1.54) is 59.1 Å². The lowest BCUT2D eigenvalue weighted by molar-refractivity contribution is -0.697. The van der Waals surface area contributed by atoms with E-state index in [2.05, 4.69) is 143 Å². The van der Waals surface area contributed by atoms with Crippen molar-refractivity contribution in [1.29, 1.82) is 0 Å². The molecule has 0 amide bonds. The first-order valence-electron chi connectivity index (χ1n) is 14.0. The van der Waals surface area contributed by atoms with Gasteiger partial charge in [-0.15, -0.1) is 0 Å². The van der Waals surface area contributed by atoms with E-state index in [1.807, 2.05) is 0 Å². The summed E-state index contributed by atoms with van der Waals surface area (Å²) in [6, 6.07) is 39.0. The number of aromatic nitrogens is 2. The zero-order valence-corrected chi connectivity index (χ0v) is 26.2. The van der Waals surface area contributed by atoms with Crippen molar-refractivity contribution in [2.45, 2.75) is 51.6 Å². The number of benzene rings is 3. The molecule has 0 aliphatic carbocycles. The topological polar surface area (TPSA) is 7.76 Å². The van der Waals surface area contributed by atoms with Crippen LogP contribution in [0.1, 0.15) is 36.8 Å². The van der Waals surface area contributed by atoms with Crippen LogP contribution in [0.5, 0.6) is 0 Å². The molecule has 40 heavy (non-hydrogen) atoms. The fraction of sp³-hybridized carbons (Fsp3) is 0.222. The smallest absolute Gasteiger partial charge is 0.176 e. The summed E-state index contributed by atoms with van der Waals surface area (Å²) in [7, 11) is 0. The van der Waals surface area contributed by atoms with Crippen molar-refractivity contribution in [3.05, 3.63) is 145 Å². The molecule has 4 heteroatoms. The summed E-state index contributed by atoms with van der Waals surface area (Å²) >= 11 is 0. The largest absolute Gasteiger partial charge is 1.00 e. The summed E-state index contributed by atoms with van der Waals surface area (Å²) in [6.45, 7) is 2.12. The van der Waals surface area contributed by atoms with Crippen LogP contribution in [0.15, 0.2) is 134 Å². The molecule has 0 saturated heterocycles. The first-order valence-corrected chi connectivity index (χ1v) is 14.0. The molecule has 0 fully saturated rings. The van der Waals surface area contributed by atoms with Gasteiger partial charge in [0.2, 0.25) is 0 Å². The average molecular weight is 659 g/mol. The minimum absolute atomic E-state index is 0. The van der Waals surface area contributed by atoms with Gasteiger partial charge in [-0.05, 0) is 60.1 Å². The fourth-order valence-electron chi connectivity index (χ4n) is 5.19. The monoisotopic (exact) mass is 656 g/mol. The molecule has 0 radical (unpaired) electrons. The second-order valence-corrected chi connectivity index (χ2v) is 10.1. The Morgan fingerprint density at radius 3 is 1.18 bits per heavy atom. The minimum Gasteiger partial charge on any atom is -1.00 e. The normalized spacial score (nSPS) is 10.4. The van der Waals surface area contributed by atoms with Crippen molar-refractivity contribution in [3.63, 3.8) is 0 Å². The van der Waals surface area contributed by atoms with Gasteiger partial charge in [0, 0.05) is 36.1 Å². The highest BCUT2D eigenvalue weighted by Crippen LogP contribution is 2.18. The minimum atomic E-state index is 0. The molecule has 206 valence electrons. The summed E-state index contributed by atoms with van der Waals surface area (Å²) in [5.74, 6) is 0. The van der Waals surface area contributed by atoms with Gasteiger partial charge in [-0.3, -0.25) is 0 Å². The quantitative estimate of drug-likeness (QED) is 0.143. The molecule has 0 saturated carbocycles. The summed E-state index contributed by atoms with van der Waals surface area (Å²) in [6.07, 6.45) is 16.0. The van der Waals surface area contributed by atoms with Gasteiger partial charge < -0.3 is 34.0 Å². The third-order valence-electron chi connectivity index (χ3n) is 7.27. The van der Waals surface area contributed by atoms with Crippen LogP contribution < -0.4 is 43.1 Å². The summed E-state index contributed by atoms with van der Waals surface area (Å²) in [4.78, 5) is 0. The van der Waals surface area contributed by atoms with Crippen molar-refractivity contribution in [2.75, 3.05) is 0 Å². The highest BCUT2D eigenvalue weighted by atomic mass is 79.9. The third-order valence-corrected chi connectivity index (χ3v) is 7.27. The molecular formula is C36H38Br2N2. The van der Waals surface area contributed by atoms with Gasteiger partial charge in [0.25, 0.3) is 0 Å². The Morgan fingerprint density at radius 1 is 0.375 bits per heavy atom. The van der Waals surface area contributed by atoms with Crippen LogP contribution in [-0.4, -0.2) is 0 Å². The molecule has 0 atom stereocenters. The molecule has 2 heterocycles. The molecule has 0 spiro atoms. The van der Waals surface area contributed by atoms with Gasteiger partial charge in [0.05, 0.1) is 0 Å². The van der Waals surface area contributed by atoms with Gasteiger partial charge in [0.1, 0.15) is 13.1 Å². The molecule has 5 rings (SSSR count). The lowest BCUT2D eigenvalue weighted by Crippen LogP contribution is -3.00. The highest BCUT2D eigenvalue weighted by molar-refractivity contribution is 5.61. The number of nitrogens with zero attached hydrogens (tertiary/aromatic N) is 2. The number of hydrogen-bond acceptors (Lipinski definition) is 0. The van der Waals surface area contributed by atoms with Gasteiger partial charge in [-0.25, -0.2) is 9.13 Å². The van der Waals surface area contributed by atoms with E-state index in [4.69, 9.17) is 0 Å². The van der Waals surface area contributed by atoms with Crippen molar-refractivity contribution < 1.29 is 43.1 Å². The first kappa shape index (κ1) is 31.4. The number of aryl methyl sites for hydroxylation is 4. The Hall–Kier alpha value is -3.08. The highest BCUT2D eigenvalue weighted by Gasteiger charge is 2.08. The molecule has 0 aliphatic heterocycles. The van der Waals surface area contributed by atoms with Crippen molar-refractivity contribution in [3.8, 4) is 22.3 Å². The van der Waals surface area contributed by atoms with Crippen LogP contribution in [0.4, 0.5) is 0 Å². The lowest BCUT2D eigenvalue weighted by Gasteiger charge is -2.09. The van der Waals surface area contributed by atoms with Crippen LogP contribution >= 0.6 is 0 Å². The Balaban J connectivity index is 0.00000220. The predicted octanol–water partition coefficient (Wildman–Crippen LogP) is 1.65. The summed E-state index contributed by atoms with van der Waals surface area (Å²) in [5.41, 5.74) is 8.16. The van der Waals surface area contributed by atoms with Crippen molar-refractivity contribution >= 4 is 0 Å². The van der Waals surface area contributed by atoms with Crippen LogP contribution in [-0.2, 0) is 25.9 Å². The predicted molar refractivity (Wildman–Crippen MR) is 156 cm³/mol. The molecule has 2 nitrogen and oxygen atoms in total. The van der Waals surface area contributed by atoms with Crippen molar-refractivity contribution in [1.82, 2.24) is 0 Å². The second kappa shape index (κ2) is 16.9. The van der Waals surface area contributed by atoms with Crippen LogP contribution in [0.2, 0.25) is 0 Å². The van der Waals surface area contributed by atoms with E-state index in [0.717, 1.165) is 25.9 Å². The Labute approximate surface area is 260 Å². The summed E-state index contributed by atoms with van der Waals surface area (Å²) in [5, 5.41) is 0. The van der Waals surface area contributed by atoms with E-state index in [0.29, 0.717) is 0 Å². The van der Waals surface area contributed by atoms with Crippen molar-refractivity contribution in [2.24, 2.45) is 0 Å². The SMILES string of the molecule is [Br-].[Br-].c1ccc(-c2ccc[n+](CCCCc3ccccc3CCCC[n+]3cccc(-c4ccccc4)c3)c2)cc1. The molecule has 0 N–H and O–H groups in total. The van der Waals surface area contributed by atoms with E-state index in [1.54, 1.807) is 0 Å². The maximum Gasteiger partial charge on any atom is 0.176 e. The molecule has 0 bridgehead atoms. The number of hydrogen-bond donors (Lipinski definition) is 0. The second-order valence-electron chi connectivity index (χ2n) is 10.1. The molecule has 0 unspecified atom stereocenters. The zero-order chi connectivity index (χ0) is 25.8. The lowest BCUT2D eigenvalue weighted by atomic mass is 9.98. The van der Waals surface area contributed by atoms with E-state index < -0.39 is 0 Å². The van der Waals surface area contributed by atoms with Gasteiger partial charge in [-0.1, -0.05) is 84.9 Å². The van der Waals surface area contributed by atoms with Gasteiger partial charge in [-0.2, -0.15) is 0 Å².